The number of hydrogen-bond acceptors (Lipinski definition) is 2. The fourth-order valence-corrected chi connectivity index (χ4v) is 2.34. The number of imidazole rings is 1. The van der Waals surface area contributed by atoms with Gasteiger partial charge in [0.1, 0.15) is 5.82 Å². The van der Waals surface area contributed by atoms with Crippen molar-refractivity contribution in [2.45, 2.75) is 12.8 Å². The third kappa shape index (κ3) is 3.46. The summed E-state index contributed by atoms with van der Waals surface area (Å²) in [5.74, 6) is 1.29. The number of rotatable bonds is 4. The molecule has 1 N–H and O–H groups in total. The molecule has 0 radical (unpaired) electrons. The quantitative estimate of drug-likeness (QED) is 0.546. The lowest BCUT2D eigenvalue weighted by Crippen LogP contribution is -3.00. The van der Waals surface area contributed by atoms with Crippen LogP contribution in [0, 0.1) is 0 Å². The molecule has 0 saturated carbocycles. The molecule has 0 bridgehead atoms. The minimum absolute atomic E-state index is 0. The second kappa shape index (κ2) is 7.38. The minimum atomic E-state index is 0. The van der Waals surface area contributed by atoms with Crippen molar-refractivity contribution in [1.29, 1.82) is 0 Å². The van der Waals surface area contributed by atoms with Gasteiger partial charge in [-0.15, -0.1) is 16.2 Å². The van der Waals surface area contributed by atoms with Gasteiger partial charge in [0.15, 0.2) is 12.4 Å². The first-order valence-corrected chi connectivity index (χ1v) is 7.37. The molecule has 2 heterocycles. The van der Waals surface area contributed by atoms with Crippen LogP contribution in [0.1, 0.15) is 17.6 Å². The standard InChI is InChI=1S/C16H15ClN3O.ClH/c17-9-3-8-15(21)20-10-4-5-12(11-20)16-18-13-6-1-2-7-14(13)19-16;/h1-2,4-7,10-11H,3,8-9H2,(H,18,19);1H/q+1;/p-1. The SMILES string of the molecule is O=C(CCCCl)[n+]1cccc(-c2nc3ccccc3[nH]2)c1.[Cl-]. The molecule has 0 aliphatic heterocycles. The molecule has 3 aromatic rings. The van der Waals surface area contributed by atoms with E-state index in [1.54, 1.807) is 17.0 Å². The second-order valence-corrected chi connectivity index (χ2v) is 5.17. The maximum absolute atomic E-state index is 12.0. The fourth-order valence-electron chi connectivity index (χ4n) is 2.21. The highest BCUT2D eigenvalue weighted by molar-refractivity contribution is 6.17. The fraction of sp³-hybridized carbons (Fsp3) is 0.188. The van der Waals surface area contributed by atoms with Crippen molar-refractivity contribution in [1.82, 2.24) is 9.97 Å². The average Bonchev–Trinajstić information content (AvgIpc) is 2.97. The molecule has 0 saturated heterocycles. The van der Waals surface area contributed by atoms with Gasteiger partial charge >= 0.3 is 5.91 Å². The Kier molecular flexibility index (Phi) is 5.52. The van der Waals surface area contributed by atoms with E-state index in [0.29, 0.717) is 18.7 Å². The molecular formula is C16H15Cl2N3O. The minimum Gasteiger partial charge on any atom is -1.00 e. The Morgan fingerprint density at radius 1 is 1.23 bits per heavy atom. The van der Waals surface area contributed by atoms with Crippen LogP contribution in [-0.2, 0) is 0 Å². The zero-order valence-electron chi connectivity index (χ0n) is 11.8. The largest absolute Gasteiger partial charge is 1.00 e. The number of carbonyl (C=O) groups excluding carboxylic acids is 1. The highest BCUT2D eigenvalue weighted by Gasteiger charge is 2.15. The molecule has 0 spiro atoms. The van der Waals surface area contributed by atoms with Gasteiger partial charge in [-0.05, 0) is 24.6 Å². The van der Waals surface area contributed by atoms with Crippen LogP contribution in [0.3, 0.4) is 0 Å². The van der Waals surface area contributed by atoms with Crippen molar-refractivity contribution in [3.8, 4) is 11.4 Å². The van der Waals surface area contributed by atoms with Crippen LogP contribution < -0.4 is 17.0 Å². The average molecular weight is 336 g/mol. The lowest BCUT2D eigenvalue weighted by Gasteiger charge is -1.96. The summed E-state index contributed by atoms with van der Waals surface area (Å²) in [5, 5.41) is 0. The number of aromatic nitrogens is 3. The zero-order valence-corrected chi connectivity index (χ0v) is 13.3. The van der Waals surface area contributed by atoms with Gasteiger partial charge in [-0.2, -0.15) is 0 Å². The van der Waals surface area contributed by atoms with Crippen molar-refractivity contribution >= 4 is 28.5 Å². The van der Waals surface area contributed by atoms with Gasteiger partial charge in [0.2, 0.25) is 0 Å². The van der Waals surface area contributed by atoms with Gasteiger partial charge in [-0.3, -0.25) is 0 Å². The molecule has 114 valence electrons. The first-order chi connectivity index (χ1) is 10.3. The van der Waals surface area contributed by atoms with Crippen molar-refractivity contribution in [3.05, 3.63) is 48.8 Å². The van der Waals surface area contributed by atoms with Crippen LogP contribution in [0.25, 0.3) is 22.4 Å². The maximum atomic E-state index is 12.0. The zero-order chi connectivity index (χ0) is 14.7. The Morgan fingerprint density at radius 2 is 2.05 bits per heavy atom. The molecule has 1 aromatic carbocycles. The summed E-state index contributed by atoms with van der Waals surface area (Å²) in [6.07, 6.45) is 4.68. The Bertz CT molecular complexity index is 753. The molecular weight excluding hydrogens is 321 g/mol. The smallest absolute Gasteiger partial charge is 0.392 e. The molecule has 2 aromatic heterocycles. The number of H-pyrrole nitrogens is 1. The van der Waals surface area contributed by atoms with Gasteiger partial charge in [-0.25, -0.2) is 9.78 Å². The monoisotopic (exact) mass is 335 g/mol. The number of halogens is 2. The summed E-state index contributed by atoms with van der Waals surface area (Å²) in [4.78, 5) is 19.8. The number of carbonyl (C=O) groups is 1. The number of para-hydroxylation sites is 2. The number of alkyl halides is 1. The van der Waals surface area contributed by atoms with E-state index >= 15 is 0 Å². The van der Waals surface area contributed by atoms with E-state index in [9.17, 15) is 4.79 Å². The Morgan fingerprint density at radius 3 is 2.82 bits per heavy atom. The Labute approximate surface area is 139 Å². The third-order valence-corrected chi connectivity index (χ3v) is 3.54. The lowest BCUT2D eigenvalue weighted by atomic mass is 10.2. The molecule has 0 aliphatic rings. The summed E-state index contributed by atoms with van der Waals surface area (Å²) in [7, 11) is 0. The summed E-state index contributed by atoms with van der Waals surface area (Å²) in [6, 6.07) is 11.6. The van der Waals surface area contributed by atoms with Crippen LogP contribution in [0.15, 0.2) is 48.8 Å². The number of aromatic amines is 1. The number of benzene rings is 1. The lowest BCUT2D eigenvalue weighted by molar-refractivity contribution is -0.574. The molecule has 0 atom stereocenters. The number of pyridine rings is 1. The summed E-state index contributed by atoms with van der Waals surface area (Å²) >= 11 is 5.63. The van der Waals surface area contributed by atoms with Crippen molar-refractivity contribution < 1.29 is 21.8 Å². The molecule has 0 amide bonds. The first kappa shape index (κ1) is 16.5. The number of nitrogens with one attached hydrogen (secondary N) is 1. The van der Waals surface area contributed by atoms with Crippen LogP contribution in [-0.4, -0.2) is 21.8 Å². The molecule has 22 heavy (non-hydrogen) atoms. The van der Waals surface area contributed by atoms with Gasteiger partial charge in [0.25, 0.3) is 0 Å². The number of fused-ring (bicyclic) bond motifs is 1. The topological polar surface area (TPSA) is 49.6 Å². The first-order valence-electron chi connectivity index (χ1n) is 6.83. The maximum Gasteiger partial charge on any atom is 0.392 e. The van der Waals surface area contributed by atoms with Crippen LogP contribution in [0.5, 0.6) is 0 Å². The summed E-state index contributed by atoms with van der Waals surface area (Å²) in [6.45, 7) is 0. The molecule has 4 nitrogen and oxygen atoms in total. The summed E-state index contributed by atoms with van der Waals surface area (Å²) < 4.78 is 1.59. The second-order valence-electron chi connectivity index (χ2n) is 4.79. The van der Waals surface area contributed by atoms with Gasteiger partial charge in [-0.1, -0.05) is 12.1 Å². The van der Waals surface area contributed by atoms with Crippen molar-refractivity contribution in [3.63, 3.8) is 0 Å². The van der Waals surface area contributed by atoms with Gasteiger partial charge < -0.3 is 17.4 Å². The molecule has 0 unspecified atom stereocenters. The Balaban J connectivity index is 0.00000176. The molecule has 6 heteroatoms. The highest BCUT2D eigenvalue weighted by atomic mass is 35.5. The molecule has 0 fully saturated rings. The van der Waals surface area contributed by atoms with E-state index in [-0.39, 0.29) is 18.3 Å². The number of nitrogens with zero attached hydrogens (tertiary/aromatic N) is 2. The van der Waals surface area contributed by atoms with E-state index in [0.717, 1.165) is 22.4 Å². The van der Waals surface area contributed by atoms with Crippen LogP contribution >= 0.6 is 11.6 Å². The Hall–Kier alpha value is -1.91. The van der Waals surface area contributed by atoms with E-state index in [1.807, 2.05) is 36.4 Å². The van der Waals surface area contributed by atoms with Crippen molar-refractivity contribution in [2.24, 2.45) is 0 Å². The van der Waals surface area contributed by atoms with Crippen LogP contribution in [0.2, 0.25) is 0 Å². The van der Waals surface area contributed by atoms with E-state index < -0.39 is 0 Å². The molecule has 0 aliphatic carbocycles. The van der Waals surface area contributed by atoms with E-state index in [1.165, 1.54) is 0 Å². The summed E-state index contributed by atoms with van der Waals surface area (Å²) in [5.41, 5.74) is 2.78. The normalized spacial score (nSPS) is 10.4. The van der Waals surface area contributed by atoms with Gasteiger partial charge in [0.05, 0.1) is 23.0 Å². The highest BCUT2D eigenvalue weighted by Crippen LogP contribution is 2.18. The van der Waals surface area contributed by atoms with E-state index in [2.05, 4.69) is 9.97 Å². The van der Waals surface area contributed by atoms with E-state index in [4.69, 9.17) is 11.6 Å². The third-order valence-electron chi connectivity index (χ3n) is 3.28. The van der Waals surface area contributed by atoms with Crippen LogP contribution in [0.4, 0.5) is 0 Å². The predicted molar refractivity (Wildman–Crippen MR) is 82.3 cm³/mol. The number of hydrogen-bond donors (Lipinski definition) is 1. The van der Waals surface area contributed by atoms with Gasteiger partial charge in [0, 0.05) is 11.9 Å². The van der Waals surface area contributed by atoms with Crippen molar-refractivity contribution in [2.75, 3.05) is 5.88 Å². The molecule has 3 rings (SSSR count). The predicted octanol–water partition coefficient (Wildman–Crippen LogP) is 0.181.